The minimum atomic E-state index is -0.351. The van der Waals surface area contributed by atoms with E-state index in [0.717, 1.165) is 46.9 Å². The van der Waals surface area contributed by atoms with Crippen LogP contribution in [0.4, 0.5) is 5.00 Å². The van der Waals surface area contributed by atoms with Crippen molar-refractivity contribution in [3.8, 4) is 0 Å². The van der Waals surface area contributed by atoms with Crippen molar-refractivity contribution in [2.45, 2.75) is 39.5 Å². The lowest BCUT2D eigenvalue weighted by Gasteiger charge is -2.07. The summed E-state index contributed by atoms with van der Waals surface area (Å²) in [7, 11) is 0. The van der Waals surface area contributed by atoms with Gasteiger partial charge in [-0.1, -0.05) is 12.1 Å². The van der Waals surface area contributed by atoms with Gasteiger partial charge in [0.05, 0.1) is 24.9 Å². The fraction of sp³-hybridized carbons (Fsp3) is 0.333. The molecule has 3 aromatic rings. The Balaban J connectivity index is 1.57. The zero-order valence-electron chi connectivity index (χ0n) is 15.4. The number of carbonyl (C=O) groups is 2. The van der Waals surface area contributed by atoms with Gasteiger partial charge in [-0.05, 0) is 50.3 Å². The van der Waals surface area contributed by atoms with E-state index in [1.54, 1.807) is 13.2 Å². The highest BCUT2D eigenvalue weighted by atomic mass is 32.1. The van der Waals surface area contributed by atoms with Gasteiger partial charge < -0.3 is 14.5 Å². The van der Waals surface area contributed by atoms with E-state index in [9.17, 15) is 9.59 Å². The molecule has 0 bridgehead atoms. The van der Waals surface area contributed by atoms with Crippen molar-refractivity contribution in [3.05, 3.63) is 51.6 Å². The number of esters is 1. The smallest absolute Gasteiger partial charge is 0.341 e. The van der Waals surface area contributed by atoms with Gasteiger partial charge in [0.25, 0.3) is 0 Å². The van der Waals surface area contributed by atoms with Crippen LogP contribution < -0.4 is 5.32 Å². The van der Waals surface area contributed by atoms with Crippen molar-refractivity contribution in [3.63, 3.8) is 0 Å². The zero-order chi connectivity index (χ0) is 19.0. The van der Waals surface area contributed by atoms with E-state index in [1.165, 1.54) is 16.2 Å². The molecule has 0 spiro atoms. The SMILES string of the molecule is CCOC(=O)c1c(NC(=O)Cc2coc3cc(C)ccc23)sc2c1CCC2. The van der Waals surface area contributed by atoms with Gasteiger partial charge in [-0.2, -0.15) is 0 Å². The minimum absolute atomic E-state index is 0.163. The second kappa shape index (κ2) is 7.19. The normalized spacial score (nSPS) is 13.0. The summed E-state index contributed by atoms with van der Waals surface area (Å²) < 4.78 is 10.8. The number of aryl methyl sites for hydroxylation is 2. The van der Waals surface area contributed by atoms with Crippen LogP contribution in [-0.4, -0.2) is 18.5 Å². The molecular formula is C21H21NO4S. The van der Waals surface area contributed by atoms with E-state index >= 15 is 0 Å². The molecule has 5 nitrogen and oxygen atoms in total. The molecule has 1 amide bonds. The molecule has 0 unspecified atom stereocenters. The van der Waals surface area contributed by atoms with E-state index in [1.807, 2.05) is 25.1 Å². The lowest BCUT2D eigenvalue weighted by Crippen LogP contribution is -2.16. The van der Waals surface area contributed by atoms with Crippen LogP contribution in [-0.2, 0) is 28.8 Å². The lowest BCUT2D eigenvalue weighted by atomic mass is 10.1. The van der Waals surface area contributed by atoms with Gasteiger partial charge in [-0.25, -0.2) is 4.79 Å². The summed E-state index contributed by atoms with van der Waals surface area (Å²) in [6, 6.07) is 5.93. The molecule has 1 aromatic carbocycles. The lowest BCUT2D eigenvalue weighted by molar-refractivity contribution is -0.115. The maximum absolute atomic E-state index is 12.7. The third-order valence-corrected chi connectivity index (χ3v) is 6.02. The molecule has 4 rings (SSSR count). The largest absolute Gasteiger partial charge is 0.464 e. The van der Waals surface area contributed by atoms with Crippen LogP contribution in [0.2, 0.25) is 0 Å². The Labute approximate surface area is 161 Å². The molecule has 0 saturated carbocycles. The number of fused-ring (bicyclic) bond motifs is 2. The van der Waals surface area contributed by atoms with Crippen LogP contribution in [0.25, 0.3) is 11.0 Å². The number of amides is 1. The van der Waals surface area contributed by atoms with Gasteiger partial charge >= 0.3 is 5.97 Å². The molecule has 27 heavy (non-hydrogen) atoms. The van der Waals surface area contributed by atoms with Crippen LogP contribution in [0, 0.1) is 6.92 Å². The number of rotatable bonds is 5. The quantitative estimate of drug-likeness (QED) is 0.651. The molecule has 1 N–H and O–H groups in total. The van der Waals surface area contributed by atoms with Gasteiger partial charge in [0, 0.05) is 15.8 Å². The number of furan rings is 1. The molecule has 1 aliphatic carbocycles. The maximum Gasteiger partial charge on any atom is 0.341 e. The summed E-state index contributed by atoms with van der Waals surface area (Å²) in [6.45, 7) is 4.10. The van der Waals surface area contributed by atoms with Crippen LogP contribution in [0.1, 0.15) is 45.3 Å². The molecule has 0 aliphatic heterocycles. The van der Waals surface area contributed by atoms with Crippen molar-refractivity contribution in [2.24, 2.45) is 0 Å². The van der Waals surface area contributed by atoms with Gasteiger partial charge in [-0.3, -0.25) is 4.79 Å². The van der Waals surface area contributed by atoms with Crippen molar-refractivity contribution in [2.75, 3.05) is 11.9 Å². The summed E-state index contributed by atoms with van der Waals surface area (Å²) in [4.78, 5) is 26.2. The molecule has 140 valence electrons. The molecule has 0 radical (unpaired) electrons. The van der Waals surface area contributed by atoms with Crippen molar-refractivity contribution in [1.82, 2.24) is 0 Å². The van der Waals surface area contributed by atoms with Gasteiger partial charge in [0.2, 0.25) is 5.91 Å². The minimum Gasteiger partial charge on any atom is -0.464 e. The second-order valence-electron chi connectivity index (χ2n) is 6.77. The monoisotopic (exact) mass is 383 g/mol. The number of ether oxygens (including phenoxy) is 1. The predicted octanol–water partition coefficient (Wildman–Crippen LogP) is 4.65. The standard InChI is InChI=1S/C21H21NO4S/c1-3-25-21(24)19-15-5-4-6-17(15)27-20(19)22-18(23)10-13-11-26-16-9-12(2)7-8-14(13)16/h7-9,11H,3-6,10H2,1-2H3,(H,22,23). The first-order chi connectivity index (χ1) is 13.1. The summed E-state index contributed by atoms with van der Waals surface area (Å²) in [5.74, 6) is -0.514. The summed E-state index contributed by atoms with van der Waals surface area (Å²) in [5, 5.41) is 4.47. The van der Waals surface area contributed by atoms with Crippen LogP contribution in [0.5, 0.6) is 0 Å². The first-order valence-electron chi connectivity index (χ1n) is 9.15. The first kappa shape index (κ1) is 17.8. The van der Waals surface area contributed by atoms with Gasteiger partial charge in [0.1, 0.15) is 10.6 Å². The number of hydrogen-bond acceptors (Lipinski definition) is 5. The number of nitrogens with one attached hydrogen (secondary N) is 1. The topological polar surface area (TPSA) is 68.5 Å². The van der Waals surface area contributed by atoms with Gasteiger partial charge in [-0.15, -0.1) is 11.3 Å². The summed E-state index contributed by atoms with van der Waals surface area (Å²) in [6.07, 6.45) is 4.68. The van der Waals surface area contributed by atoms with Crippen LogP contribution in [0.3, 0.4) is 0 Å². The molecule has 0 atom stereocenters. The Bertz CT molecular complexity index is 1030. The molecule has 0 saturated heterocycles. The highest BCUT2D eigenvalue weighted by molar-refractivity contribution is 7.17. The molecule has 2 aromatic heterocycles. The Morgan fingerprint density at radius 1 is 1.30 bits per heavy atom. The number of thiophene rings is 1. The Morgan fingerprint density at radius 3 is 2.96 bits per heavy atom. The van der Waals surface area contributed by atoms with Crippen molar-refractivity contribution < 1.29 is 18.7 Å². The van der Waals surface area contributed by atoms with Crippen LogP contribution >= 0.6 is 11.3 Å². The fourth-order valence-electron chi connectivity index (χ4n) is 3.58. The third-order valence-electron chi connectivity index (χ3n) is 4.82. The van der Waals surface area contributed by atoms with Gasteiger partial charge in [0.15, 0.2) is 0 Å². The first-order valence-corrected chi connectivity index (χ1v) is 9.96. The average Bonchev–Trinajstić information content (AvgIpc) is 3.29. The van der Waals surface area contributed by atoms with Crippen LogP contribution in [0.15, 0.2) is 28.9 Å². The van der Waals surface area contributed by atoms with E-state index < -0.39 is 0 Å². The zero-order valence-corrected chi connectivity index (χ0v) is 16.2. The molecule has 2 heterocycles. The number of benzene rings is 1. The molecule has 6 heteroatoms. The Morgan fingerprint density at radius 2 is 2.15 bits per heavy atom. The van der Waals surface area contributed by atoms with E-state index in [4.69, 9.17) is 9.15 Å². The highest BCUT2D eigenvalue weighted by Crippen LogP contribution is 2.39. The molecular weight excluding hydrogens is 362 g/mol. The number of carbonyl (C=O) groups excluding carboxylic acids is 2. The number of anilines is 1. The highest BCUT2D eigenvalue weighted by Gasteiger charge is 2.28. The predicted molar refractivity (Wildman–Crippen MR) is 106 cm³/mol. The number of hydrogen-bond donors (Lipinski definition) is 1. The average molecular weight is 383 g/mol. The van der Waals surface area contributed by atoms with E-state index in [0.29, 0.717) is 17.2 Å². The van der Waals surface area contributed by atoms with Crippen molar-refractivity contribution >= 4 is 39.2 Å². The third kappa shape index (κ3) is 3.37. The summed E-state index contributed by atoms with van der Waals surface area (Å²) >= 11 is 1.49. The Hall–Kier alpha value is -2.60. The molecule has 1 aliphatic rings. The summed E-state index contributed by atoms with van der Waals surface area (Å²) in [5.41, 5.74) is 4.30. The Kier molecular flexibility index (Phi) is 4.74. The van der Waals surface area contributed by atoms with Crippen molar-refractivity contribution in [1.29, 1.82) is 0 Å². The fourth-order valence-corrected chi connectivity index (χ4v) is 4.88. The maximum atomic E-state index is 12.7. The van der Waals surface area contributed by atoms with E-state index in [2.05, 4.69) is 5.32 Å². The second-order valence-corrected chi connectivity index (χ2v) is 7.87. The molecule has 0 fully saturated rings. The van der Waals surface area contributed by atoms with E-state index in [-0.39, 0.29) is 18.3 Å².